The third kappa shape index (κ3) is 2.50. The minimum absolute atomic E-state index is 0.481. The minimum Gasteiger partial charge on any atom is -0.333 e. The van der Waals surface area contributed by atoms with Crippen LogP contribution in [-0.2, 0) is 0 Å². The number of aliphatic imine (C=N–C) groups is 1. The van der Waals surface area contributed by atoms with E-state index in [0.29, 0.717) is 6.04 Å². The van der Waals surface area contributed by atoms with Crippen LogP contribution in [0.4, 0.5) is 5.69 Å². The van der Waals surface area contributed by atoms with E-state index in [2.05, 4.69) is 22.2 Å². The maximum absolute atomic E-state index is 4.58. The molecule has 4 heteroatoms. The van der Waals surface area contributed by atoms with Gasteiger partial charge >= 0.3 is 0 Å². The summed E-state index contributed by atoms with van der Waals surface area (Å²) in [5.41, 5.74) is 2.07. The molecule has 0 aliphatic carbocycles. The lowest BCUT2D eigenvalue weighted by Crippen LogP contribution is -2.07. The lowest BCUT2D eigenvalue weighted by molar-refractivity contribution is 0.738. The van der Waals surface area contributed by atoms with Crippen LogP contribution < -0.4 is 5.32 Å². The molecule has 0 saturated carbocycles. The zero-order valence-corrected chi connectivity index (χ0v) is 9.84. The zero-order chi connectivity index (χ0) is 10.7. The molecule has 0 saturated heterocycles. The molecule has 0 bridgehead atoms. The van der Waals surface area contributed by atoms with Gasteiger partial charge in [-0.1, -0.05) is 18.7 Å². The number of rotatable bonds is 2. The van der Waals surface area contributed by atoms with Crippen LogP contribution in [0.2, 0.25) is 0 Å². The van der Waals surface area contributed by atoms with Crippen molar-refractivity contribution in [3.63, 3.8) is 0 Å². The number of pyridine rings is 1. The van der Waals surface area contributed by atoms with Crippen LogP contribution >= 0.6 is 11.8 Å². The van der Waals surface area contributed by atoms with Crippen LogP contribution in [0.1, 0.15) is 19.0 Å². The molecule has 3 nitrogen and oxygen atoms in total. The smallest absolute Gasteiger partial charge is 0.161 e. The number of hydrogen-bond acceptors (Lipinski definition) is 4. The monoisotopic (exact) mass is 221 g/mol. The molecule has 2 rings (SSSR count). The Balaban J connectivity index is 2.07. The van der Waals surface area contributed by atoms with Gasteiger partial charge < -0.3 is 5.32 Å². The van der Waals surface area contributed by atoms with Crippen LogP contribution in [0.25, 0.3) is 0 Å². The highest BCUT2D eigenvalue weighted by atomic mass is 32.2. The number of nitrogens with one attached hydrogen (secondary N) is 1. The molecule has 0 aromatic carbocycles. The SMILES string of the molecule is CCC1CSC(Nc2cccnc2C)=N1. The Bertz CT molecular complexity index is 376. The van der Waals surface area contributed by atoms with Gasteiger partial charge in [-0.05, 0) is 25.5 Å². The van der Waals surface area contributed by atoms with Gasteiger partial charge in [-0.2, -0.15) is 0 Å². The first-order valence-electron chi connectivity index (χ1n) is 5.19. The van der Waals surface area contributed by atoms with Gasteiger partial charge in [0.1, 0.15) is 0 Å². The molecule has 0 fully saturated rings. The Morgan fingerprint density at radius 1 is 1.60 bits per heavy atom. The number of anilines is 1. The number of nitrogens with zero attached hydrogens (tertiary/aromatic N) is 2. The summed E-state index contributed by atoms with van der Waals surface area (Å²) in [4.78, 5) is 8.82. The van der Waals surface area contributed by atoms with Crippen molar-refractivity contribution < 1.29 is 0 Å². The molecule has 1 aliphatic rings. The number of aryl methyl sites for hydroxylation is 1. The quantitative estimate of drug-likeness (QED) is 0.834. The highest BCUT2D eigenvalue weighted by molar-refractivity contribution is 8.14. The van der Waals surface area contributed by atoms with Crippen molar-refractivity contribution in [1.82, 2.24) is 4.98 Å². The highest BCUT2D eigenvalue weighted by Crippen LogP contribution is 2.22. The Kier molecular flexibility index (Phi) is 3.26. The average molecular weight is 221 g/mol. The topological polar surface area (TPSA) is 37.3 Å². The van der Waals surface area contributed by atoms with E-state index in [1.54, 1.807) is 18.0 Å². The molecule has 1 aromatic heterocycles. The largest absolute Gasteiger partial charge is 0.333 e. The Morgan fingerprint density at radius 2 is 2.47 bits per heavy atom. The average Bonchev–Trinajstić information content (AvgIpc) is 2.69. The molecule has 0 amide bonds. The van der Waals surface area contributed by atoms with Crippen molar-refractivity contribution in [2.75, 3.05) is 11.1 Å². The highest BCUT2D eigenvalue weighted by Gasteiger charge is 2.16. The van der Waals surface area contributed by atoms with Crippen LogP contribution in [0.15, 0.2) is 23.3 Å². The molecule has 1 unspecified atom stereocenters. The van der Waals surface area contributed by atoms with Gasteiger partial charge in [0, 0.05) is 11.9 Å². The summed E-state index contributed by atoms with van der Waals surface area (Å²) in [6.07, 6.45) is 2.92. The van der Waals surface area contributed by atoms with Crippen molar-refractivity contribution in [1.29, 1.82) is 0 Å². The van der Waals surface area contributed by atoms with Gasteiger partial charge in [0.05, 0.1) is 17.4 Å². The van der Waals surface area contributed by atoms with E-state index in [1.807, 2.05) is 19.1 Å². The summed E-state index contributed by atoms with van der Waals surface area (Å²) in [6, 6.07) is 4.45. The summed E-state index contributed by atoms with van der Waals surface area (Å²) in [5, 5.41) is 4.35. The fourth-order valence-electron chi connectivity index (χ4n) is 1.42. The molecule has 0 spiro atoms. The van der Waals surface area contributed by atoms with Gasteiger partial charge in [-0.15, -0.1) is 0 Å². The second-order valence-electron chi connectivity index (χ2n) is 3.57. The zero-order valence-electron chi connectivity index (χ0n) is 9.03. The third-order valence-electron chi connectivity index (χ3n) is 2.43. The van der Waals surface area contributed by atoms with E-state index in [-0.39, 0.29) is 0 Å². The summed E-state index contributed by atoms with van der Waals surface area (Å²) >= 11 is 1.79. The minimum atomic E-state index is 0.481. The molecule has 1 aromatic rings. The van der Waals surface area contributed by atoms with Crippen LogP contribution in [0.5, 0.6) is 0 Å². The maximum Gasteiger partial charge on any atom is 0.161 e. The summed E-state index contributed by atoms with van der Waals surface area (Å²) in [7, 11) is 0. The second kappa shape index (κ2) is 4.66. The molecule has 1 atom stereocenters. The fraction of sp³-hybridized carbons (Fsp3) is 0.455. The van der Waals surface area contributed by atoms with Crippen LogP contribution in [-0.4, -0.2) is 21.9 Å². The van der Waals surface area contributed by atoms with Crippen molar-refractivity contribution in [2.24, 2.45) is 4.99 Å². The molecule has 80 valence electrons. The normalized spacial score (nSPS) is 20.1. The van der Waals surface area contributed by atoms with Crippen molar-refractivity contribution in [2.45, 2.75) is 26.3 Å². The van der Waals surface area contributed by atoms with Gasteiger partial charge in [-0.25, -0.2) is 0 Å². The second-order valence-corrected chi connectivity index (χ2v) is 4.58. The molecule has 15 heavy (non-hydrogen) atoms. The predicted octanol–water partition coefficient (Wildman–Crippen LogP) is 2.68. The van der Waals surface area contributed by atoms with Crippen molar-refractivity contribution in [3.8, 4) is 0 Å². The van der Waals surface area contributed by atoms with Gasteiger partial charge in [0.25, 0.3) is 0 Å². The molecular weight excluding hydrogens is 206 g/mol. The lowest BCUT2D eigenvalue weighted by atomic mass is 10.3. The van der Waals surface area contributed by atoms with Crippen LogP contribution in [0, 0.1) is 6.92 Å². The van der Waals surface area contributed by atoms with E-state index < -0.39 is 0 Å². The molecule has 1 N–H and O–H groups in total. The standard InChI is InChI=1S/C11H15N3S/c1-3-9-7-15-11(13-9)14-10-5-4-6-12-8(10)2/h4-6,9H,3,7H2,1-2H3,(H,13,14). The lowest BCUT2D eigenvalue weighted by Gasteiger charge is -2.06. The Hall–Kier alpha value is -1.03. The Morgan fingerprint density at radius 3 is 3.13 bits per heavy atom. The van der Waals surface area contributed by atoms with Gasteiger partial charge in [0.2, 0.25) is 0 Å². The summed E-state index contributed by atoms with van der Waals surface area (Å²) in [5.74, 6) is 1.10. The first-order chi connectivity index (χ1) is 7.29. The summed E-state index contributed by atoms with van der Waals surface area (Å²) in [6.45, 7) is 4.17. The molecule has 1 aliphatic heterocycles. The first-order valence-corrected chi connectivity index (χ1v) is 6.17. The predicted molar refractivity (Wildman–Crippen MR) is 66.6 cm³/mol. The first kappa shape index (κ1) is 10.5. The molecular formula is C11H15N3S. The van der Waals surface area contributed by atoms with Crippen molar-refractivity contribution >= 4 is 22.6 Å². The van der Waals surface area contributed by atoms with E-state index in [1.165, 1.54) is 0 Å². The van der Waals surface area contributed by atoms with Crippen LogP contribution in [0.3, 0.4) is 0 Å². The Labute approximate surface area is 94.4 Å². The number of aromatic nitrogens is 1. The fourth-order valence-corrected chi connectivity index (χ4v) is 2.49. The van der Waals surface area contributed by atoms with E-state index in [9.17, 15) is 0 Å². The van der Waals surface area contributed by atoms with Gasteiger partial charge in [-0.3, -0.25) is 9.98 Å². The maximum atomic E-state index is 4.58. The number of hydrogen-bond donors (Lipinski definition) is 1. The van der Waals surface area contributed by atoms with E-state index in [4.69, 9.17) is 0 Å². The number of amidine groups is 1. The van der Waals surface area contributed by atoms with E-state index in [0.717, 1.165) is 28.7 Å². The third-order valence-corrected chi connectivity index (χ3v) is 3.46. The molecule has 0 radical (unpaired) electrons. The molecule has 2 heterocycles. The van der Waals surface area contributed by atoms with E-state index >= 15 is 0 Å². The van der Waals surface area contributed by atoms with Crippen molar-refractivity contribution in [3.05, 3.63) is 24.0 Å². The summed E-state index contributed by atoms with van der Waals surface area (Å²) < 4.78 is 0. The van der Waals surface area contributed by atoms with Gasteiger partial charge in [0.15, 0.2) is 5.17 Å². The number of thioether (sulfide) groups is 1.